The van der Waals surface area contributed by atoms with Crippen molar-refractivity contribution in [3.63, 3.8) is 0 Å². The van der Waals surface area contributed by atoms with Gasteiger partial charge in [0.15, 0.2) is 6.10 Å². The summed E-state index contributed by atoms with van der Waals surface area (Å²) in [4.78, 5) is 15.4. The first-order valence-corrected chi connectivity index (χ1v) is 12.2. The van der Waals surface area contributed by atoms with Crippen LogP contribution in [0.3, 0.4) is 0 Å². The van der Waals surface area contributed by atoms with E-state index in [1.54, 1.807) is 29.2 Å². The largest absolute Gasteiger partial charge is 0.476 e. The lowest BCUT2D eigenvalue weighted by molar-refractivity contribution is -0.125. The van der Waals surface area contributed by atoms with E-state index in [-0.39, 0.29) is 17.3 Å². The Kier molecular flexibility index (Phi) is 5.31. The summed E-state index contributed by atoms with van der Waals surface area (Å²) < 4.78 is 34.3. The zero-order valence-corrected chi connectivity index (χ0v) is 18.7. The van der Waals surface area contributed by atoms with Crippen molar-refractivity contribution < 1.29 is 17.9 Å². The van der Waals surface area contributed by atoms with Crippen molar-refractivity contribution >= 4 is 38.9 Å². The maximum atomic E-state index is 13.5. The summed E-state index contributed by atoms with van der Waals surface area (Å²) in [5, 5.41) is 0.447. The van der Waals surface area contributed by atoms with E-state index in [0.29, 0.717) is 23.0 Å². The van der Waals surface area contributed by atoms with Crippen LogP contribution in [-0.2, 0) is 21.2 Å². The molecular weight excluding hydrogens is 448 g/mol. The number of sulfonamides is 1. The van der Waals surface area contributed by atoms with E-state index in [0.717, 1.165) is 24.1 Å². The van der Waals surface area contributed by atoms with Gasteiger partial charge in [0.1, 0.15) is 5.75 Å². The molecule has 0 saturated carbocycles. The predicted molar refractivity (Wildman–Crippen MR) is 124 cm³/mol. The smallest absolute Gasteiger partial charge is 0.269 e. The van der Waals surface area contributed by atoms with Crippen LogP contribution in [0.25, 0.3) is 0 Å². The van der Waals surface area contributed by atoms with Gasteiger partial charge in [-0.05, 0) is 60.9 Å². The molecular formula is C24H21ClN2O4S. The molecule has 2 heterocycles. The molecule has 0 unspecified atom stereocenters. The standard InChI is InChI=1S/C24H21ClN2O4S/c25-18-11-13-19(14-12-18)32(29,30)27-16-23(31-22-10-4-3-9-21(22)27)24(28)26-15-5-7-17-6-1-2-8-20(17)26/h1-4,6,8-14,23H,5,7,15-16H2/t23-/m0/s1. The molecule has 2 aliphatic rings. The van der Waals surface area contributed by atoms with Crippen LogP contribution in [0, 0.1) is 0 Å². The molecule has 6 nitrogen and oxygen atoms in total. The zero-order chi connectivity index (χ0) is 22.3. The first-order chi connectivity index (χ1) is 15.4. The Labute approximate surface area is 192 Å². The van der Waals surface area contributed by atoms with E-state index >= 15 is 0 Å². The number of rotatable bonds is 3. The molecule has 1 atom stereocenters. The fraction of sp³-hybridized carbons (Fsp3) is 0.208. The van der Waals surface area contributed by atoms with Crippen molar-refractivity contribution in [1.82, 2.24) is 0 Å². The molecule has 0 spiro atoms. The number of hydrogen-bond acceptors (Lipinski definition) is 4. The number of carbonyl (C=O) groups excluding carboxylic acids is 1. The van der Waals surface area contributed by atoms with E-state index in [1.807, 2.05) is 24.3 Å². The number of aryl methyl sites for hydroxylation is 1. The third kappa shape index (κ3) is 3.61. The third-order valence-corrected chi connectivity index (χ3v) is 7.83. The lowest BCUT2D eigenvalue weighted by atomic mass is 10.0. The number of fused-ring (bicyclic) bond motifs is 2. The second-order valence-corrected chi connectivity index (χ2v) is 10.1. The Morgan fingerprint density at radius 3 is 2.41 bits per heavy atom. The van der Waals surface area contributed by atoms with E-state index in [1.165, 1.54) is 28.6 Å². The summed E-state index contributed by atoms with van der Waals surface area (Å²) in [6.07, 6.45) is 0.794. The summed E-state index contributed by atoms with van der Waals surface area (Å²) in [6, 6.07) is 20.7. The van der Waals surface area contributed by atoms with E-state index in [9.17, 15) is 13.2 Å². The zero-order valence-electron chi connectivity index (χ0n) is 17.1. The van der Waals surface area contributed by atoms with Crippen molar-refractivity contribution in [3.8, 4) is 5.75 Å². The van der Waals surface area contributed by atoms with Crippen LogP contribution in [0.15, 0.2) is 77.7 Å². The molecule has 32 heavy (non-hydrogen) atoms. The minimum absolute atomic E-state index is 0.105. The number of ether oxygens (including phenoxy) is 1. The lowest BCUT2D eigenvalue weighted by Gasteiger charge is -2.38. The van der Waals surface area contributed by atoms with Gasteiger partial charge in [-0.2, -0.15) is 0 Å². The van der Waals surface area contributed by atoms with Crippen molar-refractivity contribution in [2.24, 2.45) is 0 Å². The van der Waals surface area contributed by atoms with Crippen LogP contribution < -0.4 is 13.9 Å². The van der Waals surface area contributed by atoms with Crippen molar-refractivity contribution in [2.75, 3.05) is 22.3 Å². The van der Waals surface area contributed by atoms with Crippen molar-refractivity contribution in [3.05, 3.63) is 83.4 Å². The Morgan fingerprint density at radius 1 is 0.938 bits per heavy atom. The van der Waals surface area contributed by atoms with Crippen molar-refractivity contribution in [2.45, 2.75) is 23.8 Å². The number of benzene rings is 3. The highest BCUT2D eigenvalue weighted by Gasteiger charge is 2.40. The van der Waals surface area contributed by atoms with Crippen LogP contribution in [0.4, 0.5) is 11.4 Å². The summed E-state index contributed by atoms with van der Waals surface area (Å²) in [6.45, 7) is 0.459. The molecule has 0 aliphatic carbocycles. The fourth-order valence-electron chi connectivity index (χ4n) is 4.23. The Morgan fingerprint density at radius 2 is 1.62 bits per heavy atom. The van der Waals surface area contributed by atoms with Gasteiger partial charge in [0.25, 0.3) is 15.9 Å². The predicted octanol–water partition coefficient (Wildman–Crippen LogP) is 4.28. The van der Waals surface area contributed by atoms with Gasteiger partial charge < -0.3 is 9.64 Å². The van der Waals surface area contributed by atoms with Crippen LogP contribution in [0.1, 0.15) is 12.0 Å². The average Bonchev–Trinajstić information content (AvgIpc) is 2.82. The van der Waals surface area contributed by atoms with Gasteiger partial charge in [-0.1, -0.05) is 41.9 Å². The minimum Gasteiger partial charge on any atom is -0.476 e. The Balaban J connectivity index is 1.52. The number of para-hydroxylation sites is 3. The quantitative estimate of drug-likeness (QED) is 0.575. The maximum absolute atomic E-state index is 13.5. The van der Waals surface area contributed by atoms with Crippen LogP contribution >= 0.6 is 11.6 Å². The molecule has 0 bridgehead atoms. The number of hydrogen-bond donors (Lipinski definition) is 0. The molecule has 164 valence electrons. The Bertz CT molecular complexity index is 1280. The SMILES string of the molecule is O=C([C@@H]1CN(S(=O)(=O)c2ccc(Cl)cc2)c2ccccc2O1)N1CCCc2ccccc21. The maximum Gasteiger partial charge on any atom is 0.269 e. The lowest BCUT2D eigenvalue weighted by Crippen LogP contribution is -2.52. The van der Waals surface area contributed by atoms with Gasteiger partial charge in [-0.15, -0.1) is 0 Å². The van der Waals surface area contributed by atoms with Crippen LogP contribution in [0.5, 0.6) is 5.75 Å². The molecule has 0 N–H and O–H groups in total. The summed E-state index contributed by atoms with van der Waals surface area (Å²) in [5.41, 5.74) is 2.37. The molecule has 1 amide bonds. The molecule has 0 fully saturated rings. The molecule has 3 aromatic carbocycles. The number of halogens is 1. The molecule has 2 aliphatic heterocycles. The normalized spacial score (nSPS) is 17.8. The summed E-state index contributed by atoms with van der Waals surface area (Å²) in [5.74, 6) is 0.114. The molecule has 5 rings (SSSR count). The molecule has 3 aromatic rings. The van der Waals surface area contributed by atoms with Crippen LogP contribution in [0.2, 0.25) is 5.02 Å². The number of nitrogens with zero attached hydrogens (tertiary/aromatic N) is 2. The first kappa shape index (κ1) is 20.8. The number of carbonyl (C=O) groups is 1. The van der Waals surface area contributed by atoms with E-state index < -0.39 is 16.1 Å². The number of amides is 1. The van der Waals surface area contributed by atoms with Gasteiger partial charge in [-0.3, -0.25) is 9.10 Å². The molecule has 8 heteroatoms. The highest BCUT2D eigenvalue weighted by Crippen LogP contribution is 2.38. The van der Waals surface area contributed by atoms with Crippen molar-refractivity contribution in [1.29, 1.82) is 0 Å². The van der Waals surface area contributed by atoms with Gasteiger partial charge >= 0.3 is 0 Å². The molecule has 0 aromatic heterocycles. The van der Waals surface area contributed by atoms with Gasteiger partial charge in [0, 0.05) is 17.3 Å². The highest BCUT2D eigenvalue weighted by atomic mass is 35.5. The fourth-order valence-corrected chi connectivity index (χ4v) is 5.83. The van der Waals surface area contributed by atoms with E-state index in [4.69, 9.17) is 16.3 Å². The first-order valence-electron chi connectivity index (χ1n) is 10.4. The van der Waals surface area contributed by atoms with Gasteiger partial charge in [-0.25, -0.2) is 8.42 Å². The molecule has 0 saturated heterocycles. The van der Waals surface area contributed by atoms with Gasteiger partial charge in [0.2, 0.25) is 0 Å². The number of anilines is 2. The van der Waals surface area contributed by atoms with E-state index in [2.05, 4.69) is 0 Å². The molecule has 0 radical (unpaired) electrons. The highest BCUT2D eigenvalue weighted by molar-refractivity contribution is 7.92. The Hall–Kier alpha value is -3.03. The third-order valence-electron chi connectivity index (χ3n) is 5.79. The average molecular weight is 469 g/mol. The second kappa shape index (κ2) is 8.15. The van der Waals surface area contributed by atoms with Gasteiger partial charge in [0.05, 0.1) is 17.1 Å². The summed E-state index contributed by atoms with van der Waals surface area (Å²) in [7, 11) is -3.93. The second-order valence-electron chi connectivity index (χ2n) is 7.79. The topological polar surface area (TPSA) is 66.9 Å². The minimum atomic E-state index is -3.93. The monoisotopic (exact) mass is 468 g/mol. The van der Waals surface area contributed by atoms with Crippen LogP contribution in [-0.4, -0.2) is 33.5 Å². The summed E-state index contributed by atoms with van der Waals surface area (Å²) >= 11 is 5.94.